The largest absolute Gasteiger partial charge is 0.455 e. The van der Waals surface area contributed by atoms with Crippen LogP contribution in [0.25, 0.3) is 0 Å². The second-order valence-electron chi connectivity index (χ2n) is 3.16. The van der Waals surface area contributed by atoms with Gasteiger partial charge in [0.05, 0.1) is 0 Å². The van der Waals surface area contributed by atoms with Gasteiger partial charge in [-0.1, -0.05) is 0 Å². The molecule has 0 bridgehead atoms. The third-order valence-electron chi connectivity index (χ3n) is 1.88. The van der Waals surface area contributed by atoms with E-state index in [1.54, 1.807) is 0 Å². The fourth-order valence-corrected chi connectivity index (χ4v) is 0.742. The van der Waals surface area contributed by atoms with Crippen molar-refractivity contribution in [2.75, 3.05) is 6.67 Å². The van der Waals surface area contributed by atoms with Gasteiger partial charge in [-0.15, -0.1) is 4.94 Å². The lowest BCUT2D eigenvalue weighted by Gasteiger charge is -2.37. The first-order valence-electron chi connectivity index (χ1n) is 3.87. The van der Waals surface area contributed by atoms with E-state index in [1.807, 2.05) is 0 Å². The first kappa shape index (κ1) is 18.1. The van der Waals surface area contributed by atoms with Crippen molar-refractivity contribution >= 4 is 0 Å². The first-order chi connectivity index (χ1) is 8.12. The van der Waals surface area contributed by atoms with Crippen LogP contribution in [0.3, 0.4) is 0 Å². The molecule has 0 aromatic carbocycles. The average molecular weight is 318 g/mol. The topological polar surface area (TPSA) is 9.23 Å². The summed E-state index contributed by atoms with van der Waals surface area (Å²) in [6.45, 7) is -3.55. The number of rotatable bonds is 6. The van der Waals surface area contributed by atoms with E-state index in [-0.39, 0.29) is 0 Å². The highest BCUT2D eigenvalue weighted by atomic mass is 19.4. The molecule has 0 aromatic rings. The summed E-state index contributed by atoms with van der Waals surface area (Å²) >= 11 is 0. The van der Waals surface area contributed by atoms with Crippen LogP contribution in [0, 0.1) is 0 Å². The van der Waals surface area contributed by atoms with Crippen LogP contribution in [0.1, 0.15) is 0 Å². The maximum atomic E-state index is 12.5. The van der Waals surface area contributed by atoms with E-state index in [2.05, 4.69) is 0 Å². The maximum Gasteiger partial charge on any atom is 0.455 e. The molecule has 0 heterocycles. The van der Waals surface area contributed by atoms with Gasteiger partial charge in [-0.25, -0.2) is 4.39 Å². The van der Waals surface area contributed by atoms with Crippen LogP contribution in [0.2, 0.25) is 0 Å². The Morgan fingerprint density at radius 2 is 1.00 bits per heavy atom. The molecular formula is C6H2F12O. The van der Waals surface area contributed by atoms with Gasteiger partial charge in [0, 0.05) is 0 Å². The van der Waals surface area contributed by atoms with Gasteiger partial charge in [-0.2, -0.15) is 43.9 Å². The van der Waals surface area contributed by atoms with Crippen molar-refractivity contribution in [3.05, 3.63) is 0 Å². The van der Waals surface area contributed by atoms with Crippen molar-refractivity contribution in [1.82, 2.24) is 0 Å². The summed E-state index contributed by atoms with van der Waals surface area (Å²) in [5.41, 5.74) is 0. The van der Waals surface area contributed by atoms with Gasteiger partial charge < -0.3 is 0 Å². The zero-order valence-electron chi connectivity index (χ0n) is 8.15. The molecule has 0 aliphatic heterocycles. The summed E-state index contributed by atoms with van der Waals surface area (Å²) in [6, 6.07) is 0. The summed E-state index contributed by atoms with van der Waals surface area (Å²) in [5.74, 6) is -28.5. The number of hydrogen-bond acceptors (Lipinski definition) is 1. The van der Waals surface area contributed by atoms with Crippen molar-refractivity contribution < 1.29 is 57.8 Å². The van der Waals surface area contributed by atoms with E-state index in [1.165, 1.54) is 0 Å². The Kier molecular flexibility index (Phi) is 4.38. The molecule has 19 heavy (non-hydrogen) atoms. The van der Waals surface area contributed by atoms with E-state index in [0.717, 1.165) is 4.94 Å². The third-order valence-corrected chi connectivity index (χ3v) is 1.88. The van der Waals surface area contributed by atoms with Crippen LogP contribution in [0.5, 0.6) is 0 Å². The zero-order valence-corrected chi connectivity index (χ0v) is 8.15. The van der Waals surface area contributed by atoms with E-state index in [0.29, 0.717) is 0 Å². The molecular weight excluding hydrogens is 316 g/mol. The number of halogens is 12. The van der Waals surface area contributed by atoms with Gasteiger partial charge in [0.2, 0.25) is 0 Å². The minimum absolute atomic E-state index is 1.09. The molecule has 0 fully saturated rings. The molecule has 0 saturated heterocycles. The standard InChI is InChI=1S/C6H2F12O/c7-1-2(8,9)3(10,11)4(12,13)5(14,15)6(16,17)19-18/h1H2. The lowest BCUT2D eigenvalue weighted by Crippen LogP contribution is -2.67. The van der Waals surface area contributed by atoms with Gasteiger partial charge in [0.1, 0.15) is 0 Å². The highest BCUT2D eigenvalue weighted by molar-refractivity contribution is 5.06. The molecule has 0 atom stereocenters. The van der Waals surface area contributed by atoms with Gasteiger partial charge >= 0.3 is 29.8 Å². The van der Waals surface area contributed by atoms with Crippen LogP contribution >= 0.6 is 0 Å². The van der Waals surface area contributed by atoms with Gasteiger partial charge in [-0.3, -0.25) is 0 Å². The van der Waals surface area contributed by atoms with Crippen molar-refractivity contribution in [1.29, 1.82) is 0 Å². The van der Waals surface area contributed by atoms with Crippen LogP contribution in [0.4, 0.5) is 52.8 Å². The molecule has 0 aliphatic rings. The fourth-order valence-electron chi connectivity index (χ4n) is 0.742. The van der Waals surface area contributed by atoms with Crippen molar-refractivity contribution in [2.45, 2.75) is 29.8 Å². The molecule has 0 aromatic heterocycles. The SMILES string of the molecule is FCC(F)(F)C(F)(F)C(F)(F)C(F)(F)C(F)(F)OF. The lowest BCUT2D eigenvalue weighted by atomic mass is 9.98. The highest BCUT2D eigenvalue weighted by Gasteiger charge is 2.87. The molecule has 13 heteroatoms. The predicted octanol–water partition coefficient (Wildman–Crippen LogP) is 3.99. The fraction of sp³-hybridized carbons (Fsp3) is 1.00. The lowest BCUT2D eigenvalue weighted by molar-refractivity contribution is -0.481. The minimum atomic E-state index is -7.51. The second kappa shape index (κ2) is 4.59. The van der Waals surface area contributed by atoms with E-state index in [9.17, 15) is 52.8 Å². The van der Waals surface area contributed by atoms with Gasteiger partial charge in [-0.05, 0) is 4.53 Å². The molecule has 0 aliphatic carbocycles. The Morgan fingerprint density at radius 1 is 0.632 bits per heavy atom. The highest BCUT2D eigenvalue weighted by Crippen LogP contribution is 2.57. The monoisotopic (exact) mass is 318 g/mol. The molecule has 0 amide bonds. The van der Waals surface area contributed by atoms with Crippen LogP contribution in [-0.4, -0.2) is 36.5 Å². The van der Waals surface area contributed by atoms with Crippen LogP contribution in [0.15, 0.2) is 0 Å². The van der Waals surface area contributed by atoms with E-state index >= 15 is 0 Å². The normalized spacial score (nSPS) is 15.8. The molecule has 0 rings (SSSR count). The molecule has 0 radical (unpaired) electrons. The minimum Gasteiger partial charge on any atom is -0.244 e. The summed E-state index contributed by atoms with van der Waals surface area (Å²) in [4.78, 5) is 1.09. The smallest absolute Gasteiger partial charge is 0.244 e. The molecule has 0 spiro atoms. The van der Waals surface area contributed by atoms with Crippen molar-refractivity contribution in [2.24, 2.45) is 0 Å². The van der Waals surface area contributed by atoms with E-state index < -0.39 is 36.5 Å². The summed E-state index contributed by atoms with van der Waals surface area (Å²) < 4.78 is 145. The summed E-state index contributed by atoms with van der Waals surface area (Å²) in [6.07, 6.45) is -6.84. The Balaban J connectivity index is 5.86. The van der Waals surface area contributed by atoms with Crippen LogP contribution in [-0.2, 0) is 4.94 Å². The summed E-state index contributed by atoms with van der Waals surface area (Å²) in [7, 11) is 0. The van der Waals surface area contributed by atoms with Crippen molar-refractivity contribution in [3.63, 3.8) is 0 Å². The molecule has 1 nitrogen and oxygen atoms in total. The second-order valence-corrected chi connectivity index (χ2v) is 3.16. The van der Waals surface area contributed by atoms with Crippen LogP contribution < -0.4 is 0 Å². The summed E-state index contributed by atoms with van der Waals surface area (Å²) in [5, 5.41) is 0. The van der Waals surface area contributed by atoms with Gasteiger partial charge in [0.25, 0.3) is 0 Å². The van der Waals surface area contributed by atoms with Gasteiger partial charge in [0.15, 0.2) is 6.67 Å². The Hall–Kier alpha value is -0.880. The molecule has 0 unspecified atom stereocenters. The molecule has 0 saturated carbocycles. The average Bonchev–Trinajstić information content (AvgIpc) is 2.27. The molecule has 0 N–H and O–H groups in total. The first-order valence-corrected chi connectivity index (χ1v) is 3.87. The molecule has 116 valence electrons. The maximum absolute atomic E-state index is 12.5. The number of hydrogen-bond donors (Lipinski definition) is 0. The predicted molar refractivity (Wildman–Crippen MR) is 32.9 cm³/mol. The Morgan fingerprint density at radius 3 is 1.26 bits per heavy atom. The zero-order chi connectivity index (χ0) is 15.9. The quantitative estimate of drug-likeness (QED) is 0.673. The Bertz CT molecular complexity index is 292. The number of alkyl halides is 11. The third kappa shape index (κ3) is 2.31. The van der Waals surface area contributed by atoms with E-state index in [4.69, 9.17) is 0 Å². The Labute approximate surface area is 95.6 Å². The van der Waals surface area contributed by atoms with Crippen molar-refractivity contribution in [3.8, 4) is 0 Å².